The number of carbonyl (C=O) groups is 1. The Hall–Kier alpha value is -2.70. The summed E-state index contributed by atoms with van der Waals surface area (Å²) in [7, 11) is 1.52. The molecule has 2 aromatic carbocycles. The highest BCUT2D eigenvalue weighted by Gasteiger charge is 2.34. The quantitative estimate of drug-likeness (QED) is 0.445. The van der Waals surface area contributed by atoms with E-state index in [1.165, 1.54) is 13.3 Å². The fourth-order valence-corrected chi connectivity index (χ4v) is 1.94. The largest absolute Gasteiger partial charge is 0.497 e. The molecule has 7 heteroatoms. The van der Waals surface area contributed by atoms with Crippen molar-refractivity contribution in [1.82, 2.24) is 0 Å². The molecule has 0 aliphatic carbocycles. The molecule has 2 rings (SSSR count). The van der Waals surface area contributed by atoms with Gasteiger partial charge < -0.3 is 4.74 Å². The standard InChI is InChI=1S/C17H13F4NO2/c1-24-13-5-3-12(4-6-13)22-9-8-16(23)11-2-7-15(18)14(10-11)17(19,20)21/h2-7,9-10H,8H2,1H3. The zero-order valence-corrected chi connectivity index (χ0v) is 12.6. The molecule has 0 unspecified atom stereocenters. The smallest absolute Gasteiger partial charge is 0.419 e. The lowest BCUT2D eigenvalue weighted by Gasteiger charge is -2.09. The van der Waals surface area contributed by atoms with E-state index >= 15 is 0 Å². The van der Waals surface area contributed by atoms with Crippen LogP contribution < -0.4 is 4.74 Å². The van der Waals surface area contributed by atoms with E-state index < -0.39 is 23.3 Å². The van der Waals surface area contributed by atoms with Crippen molar-refractivity contribution in [2.45, 2.75) is 12.6 Å². The number of hydrogen-bond acceptors (Lipinski definition) is 3. The zero-order chi connectivity index (χ0) is 17.7. The van der Waals surface area contributed by atoms with Gasteiger partial charge in [-0.25, -0.2) is 4.39 Å². The van der Waals surface area contributed by atoms with Gasteiger partial charge in [0.1, 0.15) is 11.6 Å². The van der Waals surface area contributed by atoms with Crippen molar-refractivity contribution < 1.29 is 27.1 Å². The van der Waals surface area contributed by atoms with E-state index in [4.69, 9.17) is 4.74 Å². The summed E-state index contributed by atoms with van der Waals surface area (Å²) in [4.78, 5) is 16.0. The van der Waals surface area contributed by atoms with Gasteiger partial charge in [0, 0.05) is 18.2 Å². The molecular formula is C17H13F4NO2. The van der Waals surface area contributed by atoms with E-state index in [0.29, 0.717) is 23.6 Å². The number of aliphatic imine (C=N–C) groups is 1. The van der Waals surface area contributed by atoms with Crippen molar-refractivity contribution in [3.05, 3.63) is 59.4 Å². The Morgan fingerprint density at radius 1 is 1.17 bits per heavy atom. The second-order valence-corrected chi connectivity index (χ2v) is 4.83. The molecule has 0 N–H and O–H groups in total. The van der Waals surface area contributed by atoms with Crippen molar-refractivity contribution in [2.75, 3.05) is 7.11 Å². The predicted octanol–water partition coefficient (Wildman–Crippen LogP) is 4.83. The molecule has 0 radical (unpaired) electrons. The van der Waals surface area contributed by atoms with Crippen molar-refractivity contribution in [1.29, 1.82) is 0 Å². The van der Waals surface area contributed by atoms with Gasteiger partial charge in [-0.3, -0.25) is 9.79 Å². The summed E-state index contributed by atoms with van der Waals surface area (Å²) in [5, 5.41) is 0. The van der Waals surface area contributed by atoms with E-state index in [1.54, 1.807) is 24.3 Å². The van der Waals surface area contributed by atoms with E-state index in [-0.39, 0.29) is 12.0 Å². The van der Waals surface area contributed by atoms with Gasteiger partial charge in [-0.05, 0) is 42.5 Å². The lowest BCUT2D eigenvalue weighted by molar-refractivity contribution is -0.140. The maximum atomic E-state index is 13.2. The highest BCUT2D eigenvalue weighted by atomic mass is 19.4. The van der Waals surface area contributed by atoms with Crippen LogP contribution in [0, 0.1) is 5.82 Å². The topological polar surface area (TPSA) is 38.7 Å². The van der Waals surface area contributed by atoms with Crippen LogP contribution in [-0.4, -0.2) is 19.1 Å². The summed E-state index contributed by atoms with van der Waals surface area (Å²) in [6.45, 7) is 0. The summed E-state index contributed by atoms with van der Waals surface area (Å²) < 4.78 is 56.1. The molecule has 24 heavy (non-hydrogen) atoms. The number of rotatable bonds is 5. The SMILES string of the molecule is COc1ccc(N=CCC(=O)c2ccc(F)c(C(F)(F)F)c2)cc1. The predicted molar refractivity (Wildman–Crippen MR) is 81.5 cm³/mol. The molecule has 0 spiro atoms. The fraction of sp³-hybridized carbons (Fsp3) is 0.176. The first-order valence-electron chi connectivity index (χ1n) is 6.88. The van der Waals surface area contributed by atoms with Gasteiger partial charge in [0.15, 0.2) is 5.78 Å². The monoisotopic (exact) mass is 339 g/mol. The van der Waals surface area contributed by atoms with Crippen LogP contribution in [0.1, 0.15) is 22.3 Å². The molecule has 0 heterocycles. The Bertz CT molecular complexity index is 752. The third kappa shape index (κ3) is 4.41. The highest BCUT2D eigenvalue weighted by molar-refractivity contribution is 6.04. The van der Waals surface area contributed by atoms with Crippen molar-refractivity contribution in [2.24, 2.45) is 4.99 Å². The minimum atomic E-state index is -4.85. The van der Waals surface area contributed by atoms with Crippen LogP contribution in [0.2, 0.25) is 0 Å². The van der Waals surface area contributed by atoms with Gasteiger partial charge >= 0.3 is 6.18 Å². The number of benzene rings is 2. The number of alkyl halides is 3. The molecule has 0 aliphatic rings. The first-order valence-corrected chi connectivity index (χ1v) is 6.88. The van der Waals surface area contributed by atoms with Crippen molar-refractivity contribution in [3.63, 3.8) is 0 Å². The molecule has 0 saturated heterocycles. The maximum absolute atomic E-state index is 13.2. The third-order valence-corrected chi connectivity index (χ3v) is 3.18. The van der Waals surface area contributed by atoms with Crippen LogP contribution in [-0.2, 0) is 6.18 Å². The molecule has 0 aromatic heterocycles. The van der Waals surface area contributed by atoms with Gasteiger partial charge in [-0.15, -0.1) is 0 Å². The Labute approximate surface area is 135 Å². The number of carbonyl (C=O) groups excluding carboxylic acids is 1. The maximum Gasteiger partial charge on any atom is 0.419 e. The Morgan fingerprint density at radius 2 is 1.83 bits per heavy atom. The highest BCUT2D eigenvalue weighted by Crippen LogP contribution is 2.32. The number of nitrogens with zero attached hydrogens (tertiary/aromatic N) is 1. The molecule has 3 nitrogen and oxygen atoms in total. The number of ether oxygens (including phenoxy) is 1. The van der Waals surface area contributed by atoms with E-state index in [2.05, 4.69) is 4.99 Å². The minimum Gasteiger partial charge on any atom is -0.497 e. The first-order chi connectivity index (χ1) is 11.3. The van der Waals surface area contributed by atoms with Crippen LogP contribution in [0.5, 0.6) is 5.75 Å². The van der Waals surface area contributed by atoms with Crippen LogP contribution >= 0.6 is 0 Å². The molecule has 0 bridgehead atoms. The average Bonchev–Trinajstić information content (AvgIpc) is 2.54. The van der Waals surface area contributed by atoms with Gasteiger partial charge in [-0.2, -0.15) is 13.2 Å². The Kier molecular flexibility index (Phi) is 5.33. The number of ketones is 1. The molecule has 0 fully saturated rings. The Balaban J connectivity index is 2.08. The van der Waals surface area contributed by atoms with Gasteiger partial charge in [0.25, 0.3) is 0 Å². The molecule has 2 aromatic rings. The minimum absolute atomic E-state index is 0.199. The molecule has 126 valence electrons. The molecule has 0 saturated carbocycles. The van der Waals surface area contributed by atoms with Gasteiger partial charge in [0.2, 0.25) is 0 Å². The molecular weight excluding hydrogens is 326 g/mol. The molecule has 0 atom stereocenters. The second kappa shape index (κ2) is 7.25. The fourth-order valence-electron chi connectivity index (χ4n) is 1.94. The van der Waals surface area contributed by atoms with Gasteiger partial charge in [0.05, 0.1) is 18.4 Å². The van der Waals surface area contributed by atoms with Crippen molar-refractivity contribution in [3.8, 4) is 5.75 Å². The summed E-state index contributed by atoms with van der Waals surface area (Å²) in [5.41, 5.74) is -1.11. The molecule has 0 amide bonds. The summed E-state index contributed by atoms with van der Waals surface area (Å²) >= 11 is 0. The lowest BCUT2D eigenvalue weighted by Crippen LogP contribution is -2.10. The Morgan fingerprint density at radius 3 is 2.42 bits per heavy atom. The number of hydrogen-bond donors (Lipinski definition) is 0. The summed E-state index contributed by atoms with van der Waals surface area (Å²) in [6.07, 6.45) is -3.76. The van der Waals surface area contributed by atoms with Gasteiger partial charge in [-0.1, -0.05) is 0 Å². The van der Waals surface area contributed by atoms with Crippen LogP contribution in [0.3, 0.4) is 0 Å². The van der Waals surface area contributed by atoms with E-state index in [9.17, 15) is 22.4 Å². The number of methoxy groups -OCH3 is 1. The summed E-state index contributed by atoms with van der Waals surface area (Å²) in [6, 6.07) is 8.87. The second-order valence-electron chi connectivity index (χ2n) is 4.83. The summed E-state index contributed by atoms with van der Waals surface area (Å²) in [5.74, 6) is -1.35. The molecule has 0 aliphatic heterocycles. The van der Waals surface area contributed by atoms with Crippen LogP contribution in [0.15, 0.2) is 47.5 Å². The first kappa shape index (κ1) is 17.7. The average molecular weight is 339 g/mol. The van der Waals surface area contributed by atoms with Crippen molar-refractivity contribution >= 4 is 17.7 Å². The van der Waals surface area contributed by atoms with Crippen LogP contribution in [0.4, 0.5) is 23.2 Å². The number of halogens is 4. The number of Topliss-reactive ketones (excluding diaryl/α,β-unsaturated/α-hetero) is 1. The van der Waals surface area contributed by atoms with Crippen LogP contribution in [0.25, 0.3) is 0 Å². The third-order valence-electron chi connectivity index (χ3n) is 3.18. The zero-order valence-electron chi connectivity index (χ0n) is 12.6. The lowest BCUT2D eigenvalue weighted by atomic mass is 10.0. The van der Waals surface area contributed by atoms with E-state index in [1.807, 2.05) is 0 Å². The van der Waals surface area contributed by atoms with E-state index in [0.717, 1.165) is 6.07 Å². The normalized spacial score (nSPS) is 11.7.